The lowest BCUT2D eigenvalue weighted by molar-refractivity contribution is -0.0517. The molecule has 1 aliphatic carbocycles. The molecular weight excluding hydrogens is 238 g/mol. The first-order valence-corrected chi connectivity index (χ1v) is 7.49. The lowest BCUT2D eigenvalue weighted by atomic mass is 9.86. The van der Waals surface area contributed by atoms with E-state index in [1.165, 1.54) is 6.42 Å². The van der Waals surface area contributed by atoms with Gasteiger partial charge in [0.15, 0.2) is 0 Å². The van der Waals surface area contributed by atoms with Gasteiger partial charge in [-0.2, -0.15) is 5.26 Å². The van der Waals surface area contributed by atoms with Gasteiger partial charge >= 0.3 is 0 Å². The Morgan fingerprint density at radius 3 is 2.89 bits per heavy atom. The number of likely N-dealkylation sites (tertiary alicyclic amines) is 1. The summed E-state index contributed by atoms with van der Waals surface area (Å²) >= 11 is 0. The predicted octanol–water partition coefficient (Wildman–Crippen LogP) is 1.90. The average molecular weight is 265 g/mol. The van der Waals surface area contributed by atoms with Gasteiger partial charge in [0, 0.05) is 13.7 Å². The molecule has 0 bridgehead atoms. The molecule has 0 aromatic heterocycles. The molecule has 1 aliphatic heterocycles. The summed E-state index contributed by atoms with van der Waals surface area (Å²) in [6, 6.07) is 2.34. The third-order valence-electron chi connectivity index (χ3n) is 5.10. The number of rotatable bonds is 4. The second-order valence-corrected chi connectivity index (χ2v) is 6.56. The smallest absolute Gasteiger partial charge is 0.107 e. The molecule has 0 aromatic rings. The number of ether oxygens (including phenoxy) is 1. The van der Waals surface area contributed by atoms with Crippen LogP contribution in [0.4, 0.5) is 0 Å². The molecule has 1 heterocycles. The molecule has 108 valence electrons. The van der Waals surface area contributed by atoms with Crippen LogP contribution in [-0.2, 0) is 4.74 Å². The van der Waals surface area contributed by atoms with Crippen LogP contribution in [0.2, 0.25) is 0 Å². The highest BCUT2D eigenvalue weighted by Gasteiger charge is 2.40. The van der Waals surface area contributed by atoms with Crippen LogP contribution < -0.4 is 5.73 Å². The van der Waals surface area contributed by atoms with E-state index >= 15 is 0 Å². The molecule has 0 amide bonds. The van der Waals surface area contributed by atoms with Crippen LogP contribution in [0.1, 0.15) is 45.4 Å². The Hall–Kier alpha value is -0.630. The maximum atomic E-state index is 9.25. The van der Waals surface area contributed by atoms with Gasteiger partial charge in [0.25, 0.3) is 0 Å². The van der Waals surface area contributed by atoms with E-state index in [2.05, 4.69) is 17.9 Å². The van der Waals surface area contributed by atoms with Gasteiger partial charge < -0.3 is 15.4 Å². The number of methoxy groups -OCH3 is 1. The molecule has 3 unspecified atom stereocenters. The monoisotopic (exact) mass is 265 g/mol. The highest BCUT2D eigenvalue weighted by Crippen LogP contribution is 2.36. The standard InChI is InChI=1S/C15H27N3O/c1-14(19-2)7-4-9-18(12-14)10-6-13-5-3-8-15(13,17)11-16/h13H,3-10,12,17H2,1-2H3. The summed E-state index contributed by atoms with van der Waals surface area (Å²) < 4.78 is 5.62. The molecule has 2 N–H and O–H groups in total. The lowest BCUT2D eigenvalue weighted by Gasteiger charge is -2.40. The van der Waals surface area contributed by atoms with Crippen molar-refractivity contribution in [2.24, 2.45) is 11.7 Å². The second-order valence-electron chi connectivity index (χ2n) is 6.56. The van der Waals surface area contributed by atoms with E-state index in [-0.39, 0.29) is 5.60 Å². The third kappa shape index (κ3) is 3.28. The van der Waals surface area contributed by atoms with Crippen molar-refractivity contribution in [3.05, 3.63) is 0 Å². The lowest BCUT2D eigenvalue weighted by Crippen LogP contribution is -2.49. The number of nitriles is 1. The first kappa shape index (κ1) is 14.8. The van der Waals surface area contributed by atoms with Crippen molar-refractivity contribution in [2.45, 2.75) is 56.6 Å². The topological polar surface area (TPSA) is 62.3 Å². The van der Waals surface area contributed by atoms with E-state index in [0.717, 1.165) is 51.7 Å². The molecule has 0 radical (unpaired) electrons. The van der Waals surface area contributed by atoms with Crippen LogP contribution in [0.5, 0.6) is 0 Å². The Balaban J connectivity index is 1.84. The molecule has 0 aromatic carbocycles. The molecule has 4 nitrogen and oxygen atoms in total. The van der Waals surface area contributed by atoms with E-state index in [1.807, 2.05) is 0 Å². The second kappa shape index (κ2) is 5.78. The van der Waals surface area contributed by atoms with E-state index in [4.69, 9.17) is 10.5 Å². The largest absolute Gasteiger partial charge is 0.377 e. The van der Waals surface area contributed by atoms with E-state index in [9.17, 15) is 5.26 Å². The number of piperidine rings is 1. The summed E-state index contributed by atoms with van der Waals surface area (Å²) in [6.45, 7) is 5.39. The van der Waals surface area contributed by atoms with Crippen LogP contribution >= 0.6 is 0 Å². The Morgan fingerprint density at radius 1 is 1.42 bits per heavy atom. The molecule has 2 aliphatic rings. The van der Waals surface area contributed by atoms with Crippen molar-refractivity contribution in [3.8, 4) is 6.07 Å². The number of hydrogen-bond acceptors (Lipinski definition) is 4. The third-order valence-corrected chi connectivity index (χ3v) is 5.10. The molecule has 2 fully saturated rings. The molecule has 4 heteroatoms. The van der Waals surface area contributed by atoms with Crippen molar-refractivity contribution in [1.29, 1.82) is 5.26 Å². The van der Waals surface area contributed by atoms with Gasteiger partial charge in [0.1, 0.15) is 5.54 Å². The highest BCUT2D eigenvalue weighted by molar-refractivity contribution is 5.12. The highest BCUT2D eigenvalue weighted by atomic mass is 16.5. The average Bonchev–Trinajstić information content (AvgIpc) is 2.79. The summed E-state index contributed by atoms with van der Waals surface area (Å²) in [5, 5.41) is 9.25. The van der Waals surface area contributed by atoms with E-state index < -0.39 is 5.54 Å². The maximum Gasteiger partial charge on any atom is 0.107 e. The zero-order valence-corrected chi connectivity index (χ0v) is 12.3. The fourth-order valence-corrected chi connectivity index (χ4v) is 3.66. The van der Waals surface area contributed by atoms with E-state index in [1.54, 1.807) is 7.11 Å². The molecule has 19 heavy (non-hydrogen) atoms. The maximum absolute atomic E-state index is 9.25. The predicted molar refractivity (Wildman–Crippen MR) is 75.6 cm³/mol. The van der Waals surface area contributed by atoms with Crippen molar-refractivity contribution in [2.75, 3.05) is 26.7 Å². The van der Waals surface area contributed by atoms with Crippen molar-refractivity contribution in [1.82, 2.24) is 4.90 Å². The van der Waals surface area contributed by atoms with Gasteiger partial charge in [-0.3, -0.25) is 0 Å². The number of nitrogens with zero attached hydrogens (tertiary/aromatic N) is 2. The van der Waals surface area contributed by atoms with Crippen LogP contribution in [0.3, 0.4) is 0 Å². The van der Waals surface area contributed by atoms with Crippen molar-refractivity contribution >= 4 is 0 Å². The Morgan fingerprint density at radius 2 is 2.21 bits per heavy atom. The molecule has 1 saturated heterocycles. The summed E-state index contributed by atoms with van der Waals surface area (Å²) in [6.07, 6.45) is 6.46. The molecule has 2 rings (SSSR count). The Bertz CT molecular complexity index is 354. The van der Waals surface area contributed by atoms with E-state index in [0.29, 0.717) is 5.92 Å². The van der Waals surface area contributed by atoms with Crippen LogP contribution in [0.25, 0.3) is 0 Å². The SMILES string of the molecule is COC1(C)CCCN(CCC2CCCC2(N)C#N)C1. The first-order chi connectivity index (χ1) is 9.01. The fourth-order valence-electron chi connectivity index (χ4n) is 3.66. The van der Waals surface area contributed by atoms with Gasteiger partial charge in [0.2, 0.25) is 0 Å². The normalized spacial score (nSPS) is 40.2. The van der Waals surface area contributed by atoms with Gasteiger partial charge in [-0.25, -0.2) is 0 Å². The quantitative estimate of drug-likeness (QED) is 0.843. The Kier molecular flexibility index (Phi) is 4.50. The Labute approximate surface area is 116 Å². The minimum atomic E-state index is -0.569. The molecule has 0 spiro atoms. The fraction of sp³-hybridized carbons (Fsp3) is 0.933. The van der Waals surface area contributed by atoms with Gasteiger partial charge in [-0.1, -0.05) is 6.42 Å². The summed E-state index contributed by atoms with van der Waals surface area (Å²) in [5.74, 6) is 0.369. The zero-order chi connectivity index (χ0) is 13.9. The molecule has 1 saturated carbocycles. The van der Waals surface area contributed by atoms with Crippen LogP contribution in [0.15, 0.2) is 0 Å². The van der Waals surface area contributed by atoms with Crippen LogP contribution in [-0.4, -0.2) is 42.8 Å². The molecule has 3 atom stereocenters. The number of hydrogen-bond donors (Lipinski definition) is 1. The van der Waals surface area contributed by atoms with Crippen molar-refractivity contribution < 1.29 is 4.74 Å². The summed E-state index contributed by atoms with van der Waals surface area (Å²) in [7, 11) is 1.81. The number of nitrogens with two attached hydrogens (primary N) is 1. The summed E-state index contributed by atoms with van der Waals surface area (Å²) in [5.41, 5.74) is 5.63. The van der Waals surface area contributed by atoms with Crippen LogP contribution in [0, 0.1) is 17.2 Å². The van der Waals surface area contributed by atoms with Gasteiger partial charge in [0.05, 0.1) is 11.7 Å². The van der Waals surface area contributed by atoms with Crippen molar-refractivity contribution in [3.63, 3.8) is 0 Å². The summed E-state index contributed by atoms with van der Waals surface area (Å²) in [4.78, 5) is 2.48. The minimum absolute atomic E-state index is 0.00293. The zero-order valence-electron chi connectivity index (χ0n) is 12.3. The van der Waals surface area contributed by atoms with Gasteiger partial charge in [-0.15, -0.1) is 0 Å². The first-order valence-electron chi connectivity index (χ1n) is 7.49. The molecular formula is C15H27N3O. The van der Waals surface area contributed by atoms with Gasteiger partial charge in [-0.05, 0) is 58.0 Å². The minimum Gasteiger partial charge on any atom is -0.377 e.